The van der Waals surface area contributed by atoms with Gasteiger partial charge in [-0.25, -0.2) is 4.99 Å². The van der Waals surface area contributed by atoms with Gasteiger partial charge < -0.3 is 4.74 Å². The van der Waals surface area contributed by atoms with E-state index in [1.807, 2.05) is 0 Å². The van der Waals surface area contributed by atoms with Crippen molar-refractivity contribution in [2.24, 2.45) is 4.99 Å². The second kappa shape index (κ2) is 4.85. The zero-order valence-electron chi connectivity index (χ0n) is 7.52. The quantitative estimate of drug-likeness (QED) is 0.812. The third kappa shape index (κ3) is 3.10. The molecule has 1 aliphatic heterocycles. The minimum Gasteiger partial charge on any atom is -0.435 e. The predicted molar refractivity (Wildman–Crippen MR) is 60.2 cm³/mol. The summed E-state index contributed by atoms with van der Waals surface area (Å²) in [6.07, 6.45) is 0. The molecule has 80 valence electrons. The fourth-order valence-corrected chi connectivity index (χ4v) is 2.22. The number of aliphatic imine (C=N–C) groups is 1. The Balaban J connectivity index is 2.03. The summed E-state index contributed by atoms with van der Waals surface area (Å²) in [4.78, 5) is 4.28. The zero-order chi connectivity index (χ0) is 10.7. The van der Waals surface area contributed by atoms with Gasteiger partial charge in [-0.05, 0) is 24.3 Å². The molecule has 1 aromatic carbocycles. The molecule has 1 fully saturated rings. The van der Waals surface area contributed by atoms with Crippen molar-refractivity contribution in [3.8, 4) is 5.75 Å². The minimum absolute atomic E-state index is 0.155. The number of nitrogens with zero attached hydrogens (tertiary/aromatic N) is 1. The molecule has 0 aromatic heterocycles. The van der Waals surface area contributed by atoms with Crippen molar-refractivity contribution < 1.29 is 13.5 Å². The molecule has 6 heteroatoms. The molecule has 0 aliphatic carbocycles. The highest BCUT2D eigenvalue weighted by molar-refractivity contribution is 8.52. The van der Waals surface area contributed by atoms with Gasteiger partial charge in [-0.2, -0.15) is 8.78 Å². The lowest BCUT2D eigenvalue weighted by Crippen LogP contribution is -2.01. The maximum absolute atomic E-state index is 11.8. The van der Waals surface area contributed by atoms with Crippen LogP contribution >= 0.6 is 23.5 Å². The van der Waals surface area contributed by atoms with E-state index in [4.69, 9.17) is 0 Å². The van der Waals surface area contributed by atoms with Crippen molar-refractivity contribution in [1.29, 1.82) is 0 Å². The molecular weight excluding hydrogens is 240 g/mol. The van der Waals surface area contributed by atoms with Crippen molar-refractivity contribution in [2.45, 2.75) is 6.61 Å². The normalized spacial score (nSPS) is 15.0. The summed E-state index contributed by atoms with van der Waals surface area (Å²) < 4.78 is 28.9. The molecule has 2 rings (SSSR count). The van der Waals surface area contributed by atoms with Gasteiger partial charge in [0.2, 0.25) is 0 Å². The number of halogens is 2. The number of alkyl halides is 2. The summed E-state index contributed by atoms with van der Waals surface area (Å²) in [6, 6.07) is 6.29. The third-order valence-electron chi connectivity index (χ3n) is 1.65. The van der Waals surface area contributed by atoms with Gasteiger partial charge in [0.15, 0.2) is 0 Å². The fraction of sp³-hybridized carbons (Fsp3) is 0.222. The first-order valence-electron chi connectivity index (χ1n) is 4.13. The Morgan fingerprint density at radius 3 is 2.33 bits per heavy atom. The molecular formula is C9H7F2NOS2. The number of hydrogen-bond donors (Lipinski definition) is 0. The summed E-state index contributed by atoms with van der Waals surface area (Å²) in [5.74, 6) is 0.155. The van der Waals surface area contributed by atoms with Crippen LogP contribution in [0.4, 0.5) is 14.5 Å². The molecule has 0 atom stereocenters. The Morgan fingerprint density at radius 2 is 1.87 bits per heavy atom. The van der Waals surface area contributed by atoms with Crippen molar-refractivity contribution >= 4 is 33.6 Å². The van der Waals surface area contributed by atoms with Gasteiger partial charge in [-0.15, -0.1) is 0 Å². The van der Waals surface area contributed by atoms with Gasteiger partial charge in [0.25, 0.3) is 0 Å². The average Bonchev–Trinajstić information content (AvgIpc) is 2.13. The largest absolute Gasteiger partial charge is 0.435 e. The van der Waals surface area contributed by atoms with Crippen LogP contribution in [0.25, 0.3) is 0 Å². The molecule has 0 spiro atoms. The van der Waals surface area contributed by atoms with Crippen LogP contribution in [-0.2, 0) is 0 Å². The first-order chi connectivity index (χ1) is 7.24. The maximum Gasteiger partial charge on any atom is 0.387 e. The van der Waals surface area contributed by atoms with E-state index in [0.29, 0.717) is 0 Å². The highest BCUT2D eigenvalue weighted by Gasteiger charge is 2.11. The standard InChI is InChI=1S/C9H7F2NOS2/c10-8(11)13-7-3-1-6(2-4-7)12-9-14-5-15-9/h1-4,8H,5H2. The molecule has 0 amide bonds. The van der Waals surface area contributed by atoms with Gasteiger partial charge in [0.1, 0.15) is 10.1 Å². The number of hydrogen-bond acceptors (Lipinski definition) is 4. The van der Waals surface area contributed by atoms with Gasteiger partial charge in [0, 0.05) is 0 Å². The van der Waals surface area contributed by atoms with Crippen LogP contribution in [0.15, 0.2) is 29.3 Å². The average molecular weight is 247 g/mol. The lowest BCUT2D eigenvalue weighted by Gasteiger charge is -2.12. The van der Waals surface area contributed by atoms with Crippen molar-refractivity contribution in [3.05, 3.63) is 24.3 Å². The van der Waals surface area contributed by atoms with E-state index >= 15 is 0 Å². The van der Waals surface area contributed by atoms with Crippen LogP contribution < -0.4 is 4.74 Å². The summed E-state index contributed by atoms with van der Waals surface area (Å²) in [7, 11) is 0. The zero-order valence-corrected chi connectivity index (χ0v) is 9.15. The second-order valence-electron chi connectivity index (χ2n) is 2.66. The van der Waals surface area contributed by atoms with E-state index in [-0.39, 0.29) is 5.75 Å². The van der Waals surface area contributed by atoms with Crippen LogP contribution in [-0.4, -0.2) is 16.1 Å². The lowest BCUT2D eigenvalue weighted by atomic mass is 10.3. The van der Waals surface area contributed by atoms with E-state index in [9.17, 15) is 8.78 Å². The van der Waals surface area contributed by atoms with Crippen LogP contribution in [0.5, 0.6) is 5.75 Å². The van der Waals surface area contributed by atoms with Crippen LogP contribution in [0, 0.1) is 0 Å². The second-order valence-corrected chi connectivity index (χ2v) is 5.21. The topological polar surface area (TPSA) is 21.6 Å². The highest BCUT2D eigenvalue weighted by atomic mass is 32.3. The molecule has 15 heavy (non-hydrogen) atoms. The van der Waals surface area contributed by atoms with Crippen molar-refractivity contribution in [1.82, 2.24) is 0 Å². The summed E-state index contributed by atoms with van der Waals surface area (Å²) in [5, 5.41) is 1.03. The van der Waals surface area contributed by atoms with Gasteiger partial charge in [-0.1, -0.05) is 23.5 Å². The molecule has 1 aromatic rings. The number of thioether (sulfide) groups is 2. The Kier molecular flexibility index (Phi) is 3.48. The Bertz CT molecular complexity index is 361. The van der Waals surface area contributed by atoms with Crippen molar-refractivity contribution in [3.63, 3.8) is 0 Å². The van der Waals surface area contributed by atoms with Gasteiger partial charge >= 0.3 is 6.61 Å². The smallest absolute Gasteiger partial charge is 0.387 e. The Labute approximate surface area is 94.1 Å². The summed E-state index contributed by atoms with van der Waals surface area (Å²) in [6.45, 7) is -2.78. The minimum atomic E-state index is -2.78. The molecule has 0 radical (unpaired) electrons. The van der Waals surface area contributed by atoms with E-state index in [1.165, 1.54) is 12.1 Å². The van der Waals surface area contributed by atoms with E-state index < -0.39 is 6.61 Å². The third-order valence-corrected chi connectivity index (χ3v) is 3.97. The molecule has 1 aliphatic rings. The molecule has 0 bridgehead atoms. The SMILES string of the molecule is FC(F)Oc1ccc(N=C2SCS2)cc1. The van der Waals surface area contributed by atoms with Gasteiger partial charge in [0.05, 0.1) is 10.8 Å². The summed E-state index contributed by atoms with van der Waals surface area (Å²) >= 11 is 3.35. The number of benzene rings is 1. The first-order valence-corrected chi connectivity index (χ1v) is 6.10. The Hall–Kier alpha value is -0.750. The molecule has 1 heterocycles. The lowest BCUT2D eigenvalue weighted by molar-refractivity contribution is -0.0498. The van der Waals surface area contributed by atoms with Crippen molar-refractivity contribution in [2.75, 3.05) is 5.08 Å². The number of rotatable bonds is 3. The summed E-state index contributed by atoms with van der Waals surface area (Å²) in [5.41, 5.74) is 0.756. The van der Waals surface area contributed by atoms with Crippen LogP contribution in [0.1, 0.15) is 0 Å². The molecule has 0 N–H and O–H groups in total. The van der Waals surface area contributed by atoms with E-state index in [2.05, 4.69) is 9.73 Å². The molecule has 2 nitrogen and oxygen atoms in total. The fourth-order valence-electron chi connectivity index (χ4n) is 0.984. The maximum atomic E-state index is 11.8. The number of ether oxygens (including phenoxy) is 1. The van der Waals surface area contributed by atoms with Gasteiger partial charge in [-0.3, -0.25) is 0 Å². The highest BCUT2D eigenvalue weighted by Crippen LogP contribution is 2.35. The first kappa shape index (κ1) is 10.8. The monoisotopic (exact) mass is 247 g/mol. The van der Waals surface area contributed by atoms with E-state index in [1.54, 1.807) is 35.7 Å². The molecule has 1 saturated heterocycles. The molecule has 0 unspecified atom stereocenters. The van der Waals surface area contributed by atoms with Crippen LogP contribution in [0.2, 0.25) is 0 Å². The predicted octanol–water partition coefficient (Wildman–Crippen LogP) is 3.71. The Morgan fingerprint density at radius 1 is 1.20 bits per heavy atom. The molecule has 0 saturated carbocycles. The van der Waals surface area contributed by atoms with Crippen LogP contribution in [0.3, 0.4) is 0 Å². The van der Waals surface area contributed by atoms with E-state index in [0.717, 1.165) is 15.1 Å².